The maximum atomic E-state index is 5.58. The van der Waals surface area contributed by atoms with Crippen molar-refractivity contribution in [2.24, 2.45) is 0 Å². The fourth-order valence-electron chi connectivity index (χ4n) is 2.55. The van der Waals surface area contributed by atoms with Crippen LogP contribution in [0.1, 0.15) is 25.3 Å². The first-order valence-electron chi connectivity index (χ1n) is 8.31. The lowest BCUT2D eigenvalue weighted by molar-refractivity contribution is 0.171. The van der Waals surface area contributed by atoms with Crippen LogP contribution >= 0.6 is 12.2 Å². The first-order valence-corrected chi connectivity index (χ1v) is 8.72. The van der Waals surface area contributed by atoms with Crippen molar-refractivity contribution >= 4 is 28.7 Å². The summed E-state index contributed by atoms with van der Waals surface area (Å²) in [6.07, 6.45) is 3.55. The number of nitrogens with one attached hydrogen (secondary N) is 2. The molecule has 2 N–H and O–H groups in total. The molecule has 1 aliphatic rings. The van der Waals surface area contributed by atoms with Crippen molar-refractivity contribution in [3.05, 3.63) is 48.0 Å². The lowest BCUT2D eigenvalue weighted by Gasteiger charge is -2.19. The van der Waals surface area contributed by atoms with Crippen molar-refractivity contribution in [1.82, 2.24) is 0 Å². The van der Waals surface area contributed by atoms with Crippen LogP contribution in [0, 0.1) is 0 Å². The molecule has 24 heavy (non-hydrogen) atoms. The first kappa shape index (κ1) is 16.6. The summed E-state index contributed by atoms with van der Waals surface area (Å²) in [6, 6.07) is 14.1. The van der Waals surface area contributed by atoms with Gasteiger partial charge in [-0.3, -0.25) is 0 Å². The van der Waals surface area contributed by atoms with Gasteiger partial charge in [0.05, 0.1) is 0 Å². The van der Waals surface area contributed by atoms with Crippen LogP contribution in [0.3, 0.4) is 0 Å². The number of ether oxygens (including phenoxy) is 2. The molecular weight excluding hydrogens is 320 g/mol. The number of hydrogen-bond acceptors (Lipinski definition) is 3. The highest BCUT2D eigenvalue weighted by molar-refractivity contribution is 7.80. The number of rotatable bonds is 5. The average molecular weight is 342 g/mol. The third-order valence-corrected chi connectivity index (χ3v) is 4.03. The molecule has 0 fully saturated rings. The third-order valence-electron chi connectivity index (χ3n) is 3.83. The van der Waals surface area contributed by atoms with Gasteiger partial charge in [-0.1, -0.05) is 25.5 Å². The van der Waals surface area contributed by atoms with E-state index in [2.05, 4.69) is 41.8 Å². The van der Waals surface area contributed by atoms with Crippen molar-refractivity contribution in [3.8, 4) is 11.5 Å². The summed E-state index contributed by atoms with van der Waals surface area (Å²) in [5.41, 5.74) is 3.20. The molecule has 0 spiro atoms. The van der Waals surface area contributed by atoms with Gasteiger partial charge in [-0.2, -0.15) is 0 Å². The van der Waals surface area contributed by atoms with E-state index in [1.807, 2.05) is 18.2 Å². The minimum Gasteiger partial charge on any atom is -0.486 e. The quantitative estimate of drug-likeness (QED) is 0.777. The number of thiocarbonyl (C=S) groups is 1. The highest BCUT2D eigenvalue weighted by Gasteiger charge is 2.12. The third kappa shape index (κ3) is 4.38. The molecule has 1 aliphatic heterocycles. The second-order valence-corrected chi connectivity index (χ2v) is 6.15. The molecule has 0 aromatic heterocycles. The van der Waals surface area contributed by atoms with Crippen LogP contribution in [0.2, 0.25) is 0 Å². The van der Waals surface area contributed by atoms with Crippen LogP contribution in [0.15, 0.2) is 42.5 Å². The van der Waals surface area contributed by atoms with Gasteiger partial charge >= 0.3 is 0 Å². The van der Waals surface area contributed by atoms with Gasteiger partial charge in [0.25, 0.3) is 0 Å². The zero-order chi connectivity index (χ0) is 16.8. The van der Waals surface area contributed by atoms with Crippen LogP contribution in [-0.2, 0) is 6.42 Å². The number of benzene rings is 2. The van der Waals surface area contributed by atoms with E-state index in [0.717, 1.165) is 29.3 Å². The minimum absolute atomic E-state index is 0.549. The molecule has 0 atom stereocenters. The standard InChI is InChI=1S/C19H22N2O2S/c1-2-3-4-14-5-7-15(8-6-14)20-19(24)21-16-9-10-17-18(13-16)23-12-11-22-17/h5-10,13H,2-4,11-12H2,1H3,(H2,20,21,24). The van der Waals surface area contributed by atoms with E-state index < -0.39 is 0 Å². The monoisotopic (exact) mass is 342 g/mol. The zero-order valence-corrected chi connectivity index (χ0v) is 14.6. The molecule has 5 heteroatoms. The van der Waals surface area contributed by atoms with Crippen LogP contribution in [0.5, 0.6) is 11.5 Å². The molecule has 0 saturated heterocycles. The Labute approximate surface area is 148 Å². The van der Waals surface area contributed by atoms with E-state index >= 15 is 0 Å². The van der Waals surface area contributed by atoms with Crippen LogP contribution in [-0.4, -0.2) is 18.3 Å². The van der Waals surface area contributed by atoms with Crippen molar-refractivity contribution in [1.29, 1.82) is 0 Å². The highest BCUT2D eigenvalue weighted by atomic mass is 32.1. The molecule has 0 saturated carbocycles. The fraction of sp³-hybridized carbons (Fsp3) is 0.316. The summed E-state index contributed by atoms with van der Waals surface area (Å²) in [5.74, 6) is 1.52. The maximum absolute atomic E-state index is 5.58. The summed E-state index contributed by atoms with van der Waals surface area (Å²) < 4.78 is 11.1. The lowest BCUT2D eigenvalue weighted by atomic mass is 10.1. The number of hydrogen-bond donors (Lipinski definition) is 2. The van der Waals surface area contributed by atoms with Crippen LogP contribution in [0.25, 0.3) is 0 Å². The molecule has 0 amide bonds. The summed E-state index contributed by atoms with van der Waals surface area (Å²) >= 11 is 5.38. The molecule has 0 unspecified atom stereocenters. The van der Waals surface area contributed by atoms with Gasteiger partial charge in [-0.25, -0.2) is 0 Å². The smallest absolute Gasteiger partial charge is 0.175 e. The van der Waals surface area contributed by atoms with Gasteiger partial charge in [0.15, 0.2) is 16.6 Å². The maximum Gasteiger partial charge on any atom is 0.175 e. The Kier molecular flexibility index (Phi) is 5.54. The predicted octanol–water partition coefficient (Wildman–Crippen LogP) is 4.61. The van der Waals surface area contributed by atoms with E-state index in [-0.39, 0.29) is 0 Å². The number of anilines is 2. The van der Waals surface area contributed by atoms with Crippen molar-refractivity contribution in [2.45, 2.75) is 26.2 Å². The lowest BCUT2D eigenvalue weighted by Crippen LogP contribution is -2.20. The zero-order valence-electron chi connectivity index (χ0n) is 13.8. The molecule has 3 rings (SSSR count). The molecule has 126 valence electrons. The highest BCUT2D eigenvalue weighted by Crippen LogP contribution is 2.32. The van der Waals surface area contributed by atoms with Crippen LogP contribution in [0.4, 0.5) is 11.4 Å². The summed E-state index contributed by atoms with van der Waals surface area (Å²) in [4.78, 5) is 0. The number of aryl methyl sites for hydroxylation is 1. The van der Waals surface area contributed by atoms with Crippen molar-refractivity contribution in [2.75, 3.05) is 23.8 Å². The van der Waals surface area contributed by atoms with E-state index in [1.165, 1.54) is 18.4 Å². The summed E-state index contributed by atoms with van der Waals surface area (Å²) in [6.45, 7) is 3.37. The van der Waals surface area contributed by atoms with Gasteiger partial charge in [-0.15, -0.1) is 0 Å². The second kappa shape index (κ2) is 8.02. The predicted molar refractivity (Wildman–Crippen MR) is 102 cm³/mol. The Hall–Kier alpha value is -2.27. The summed E-state index contributed by atoms with van der Waals surface area (Å²) in [5, 5.41) is 6.93. The number of fused-ring (bicyclic) bond motifs is 1. The molecule has 2 aromatic carbocycles. The van der Waals surface area contributed by atoms with E-state index in [9.17, 15) is 0 Å². The Bertz CT molecular complexity index is 701. The van der Waals surface area contributed by atoms with Gasteiger partial charge in [-0.05, 0) is 54.9 Å². The Morgan fingerprint density at radius 3 is 2.38 bits per heavy atom. The first-order chi connectivity index (χ1) is 11.7. The van der Waals surface area contributed by atoms with Gasteiger partial charge in [0.2, 0.25) is 0 Å². The van der Waals surface area contributed by atoms with Crippen molar-refractivity contribution in [3.63, 3.8) is 0 Å². The fourth-order valence-corrected chi connectivity index (χ4v) is 2.79. The van der Waals surface area contributed by atoms with Crippen molar-refractivity contribution < 1.29 is 9.47 Å². The van der Waals surface area contributed by atoms with E-state index in [0.29, 0.717) is 18.3 Å². The Morgan fingerprint density at radius 1 is 0.958 bits per heavy atom. The minimum atomic E-state index is 0.549. The molecule has 4 nitrogen and oxygen atoms in total. The molecule has 0 radical (unpaired) electrons. The molecule has 0 bridgehead atoms. The Morgan fingerprint density at radius 2 is 1.62 bits per heavy atom. The van der Waals surface area contributed by atoms with Gasteiger partial charge in [0.1, 0.15) is 13.2 Å². The molecule has 0 aliphatic carbocycles. The number of unbranched alkanes of at least 4 members (excludes halogenated alkanes) is 1. The van der Waals surface area contributed by atoms with Gasteiger partial charge in [0, 0.05) is 17.4 Å². The summed E-state index contributed by atoms with van der Waals surface area (Å²) in [7, 11) is 0. The Balaban J connectivity index is 1.57. The van der Waals surface area contributed by atoms with Gasteiger partial charge < -0.3 is 20.1 Å². The van der Waals surface area contributed by atoms with Crippen LogP contribution < -0.4 is 20.1 Å². The topological polar surface area (TPSA) is 42.5 Å². The molecular formula is C19H22N2O2S. The van der Waals surface area contributed by atoms with E-state index in [1.54, 1.807) is 0 Å². The second-order valence-electron chi connectivity index (χ2n) is 5.74. The van der Waals surface area contributed by atoms with E-state index in [4.69, 9.17) is 21.7 Å². The largest absolute Gasteiger partial charge is 0.486 e. The molecule has 2 aromatic rings. The normalized spacial score (nSPS) is 12.5. The average Bonchev–Trinajstić information content (AvgIpc) is 2.61. The SMILES string of the molecule is CCCCc1ccc(NC(=S)Nc2ccc3c(c2)OCCO3)cc1. The molecule has 1 heterocycles.